The van der Waals surface area contributed by atoms with Crippen molar-refractivity contribution in [1.29, 1.82) is 0 Å². The minimum absolute atomic E-state index is 0.188. The highest BCUT2D eigenvalue weighted by molar-refractivity contribution is 9.10. The molecule has 2 N–H and O–H groups in total. The van der Waals surface area contributed by atoms with Crippen molar-refractivity contribution in [1.82, 2.24) is 0 Å². The second-order valence-corrected chi connectivity index (χ2v) is 3.63. The summed E-state index contributed by atoms with van der Waals surface area (Å²) < 4.78 is 26.5. The molecule has 0 fully saturated rings. The molecular weight excluding hydrogens is 252 g/mol. The highest BCUT2D eigenvalue weighted by Gasteiger charge is 2.09. The normalized spacial score (nSPS) is 11.8. The maximum Gasteiger partial charge on any atom is 0.155 e. The van der Waals surface area contributed by atoms with Gasteiger partial charge in [0.1, 0.15) is 5.82 Å². The average Bonchev–Trinajstić information content (AvgIpc) is 2.11. The van der Waals surface area contributed by atoms with Gasteiger partial charge in [0.15, 0.2) is 5.82 Å². The molecule has 4 heteroatoms. The van der Waals surface area contributed by atoms with Gasteiger partial charge < -0.3 is 5.73 Å². The summed E-state index contributed by atoms with van der Waals surface area (Å²) in [5.74, 6) is 3.49. The lowest BCUT2D eigenvalue weighted by Gasteiger charge is -1.99. The molecule has 14 heavy (non-hydrogen) atoms. The third kappa shape index (κ3) is 2.53. The van der Waals surface area contributed by atoms with Crippen molar-refractivity contribution in [3.05, 3.63) is 33.8 Å². The predicted octanol–water partition coefficient (Wildman–Crippen LogP) is 2.43. The zero-order chi connectivity index (χ0) is 10.7. The summed E-state index contributed by atoms with van der Waals surface area (Å²) in [6.45, 7) is 1.64. The Balaban J connectivity index is 3.22. The quantitative estimate of drug-likeness (QED) is 0.562. The third-order valence-corrected chi connectivity index (χ3v) is 2.08. The maximum absolute atomic E-state index is 13.3. The number of hydrogen-bond donors (Lipinski definition) is 1. The van der Waals surface area contributed by atoms with Gasteiger partial charge in [0, 0.05) is 0 Å². The molecular formula is C10H8BrF2N. The number of nitrogens with two attached hydrogens (primary N) is 1. The van der Waals surface area contributed by atoms with Crippen LogP contribution in [-0.2, 0) is 0 Å². The standard InChI is InChI=1S/C10H8BrF2N/c1-6(14)2-3-7-9(12)5-4-8(11)10(7)13/h4-6H,14H2,1H3. The molecule has 1 rings (SSSR count). The van der Waals surface area contributed by atoms with E-state index in [0.717, 1.165) is 6.07 Å². The second-order valence-electron chi connectivity index (χ2n) is 2.78. The number of rotatable bonds is 0. The molecule has 74 valence electrons. The van der Waals surface area contributed by atoms with E-state index < -0.39 is 17.7 Å². The molecule has 0 aliphatic rings. The van der Waals surface area contributed by atoms with Crippen molar-refractivity contribution in [2.24, 2.45) is 5.73 Å². The van der Waals surface area contributed by atoms with Gasteiger partial charge in [-0.1, -0.05) is 11.8 Å². The van der Waals surface area contributed by atoms with Gasteiger partial charge >= 0.3 is 0 Å². The van der Waals surface area contributed by atoms with E-state index in [1.807, 2.05) is 0 Å². The summed E-state index contributed by atoms with van der Waals surface area (Å²) in [5, 5.41) is 0. The zero-order valence-electron chi connectivity index (χ0n) is 7.44. The fourth-order valence-corrected chi connectivity index (χ4v) is 1.16. The summed E-state index contributed by atoms with van der Waals surface area (Å²) in [6.07, 6.45) is 0. The van der Waals surface area contributed by atoms with Crippen molar-refractivity contribution in [3.63, 3.8) is 0 Å². The lowest BCUT2D eigenvalue weighted by Crippen LogP contribution is -2.11. The summed E-state index contributed by atoms with van der Waals surface area (Å²) in [6, 6.07) is 2.04. The summed E-state index contributed by atoms with van der Waals surface area (Å²) in [4.78, 5) is 0. The van der Waals surface area contributed by atoms with Crippen LogP contribution in [0.1, 0.15) is 12.5 Å². The average molecular weight is 260 g/mol. The van der Waals surface area contributed by atoms with Crippen LogP contribution in [0.3, 0.4) is 0 Å². The first-order chi connectivity index (χ1) is 6.52. The highest BCUT2D eigenvalue weighted by Crippen LogP contribution is 2.20. The smallest absolute Gasteiger partial charge is 0.155 e. The van der Waals surface area contributed by atoms with Gasteiger partial charge in [0.2, 0.25) is 0 Å². The molecule has 0 bridgehead atoms. The molecule has 0 saturated carbocycles. The molecule has 0 saturated heterocycles. The van der Waals surface area contributed by atoms with E-state index in [1.54, 1.807) is 6.92 Å². The van der Waals surface area contributed by atoms with Gasteiger partial charge in [0.25, 0.3) is 0 Å². The maximum atomic E-state index is 13.3. The Kier molecular flexibility index (Phi) is 3.62. The number of benzene rings is 1. The second kappa shape index (κ2) is 4.54. The SMILES string of the molecule is CC(N)C#Cc1c(F)ccc(Br)c1F. The van der Waals surface area contributed by atoms with Crippen molar-refractivity contribution in [2.45, 2.75) is 13.0 Å². The molecule has 0 aromatic heterocycles. The number of hydrogen-bond acceptors (Lipinski definition) is 1. The largest absolute Gasteiger partial charge is 0.318 e. The van der Waals surface area contributed by atoms with Crippen LogP contribution in [0.4, 0.5) is 8.78 Å². The van der Waals surface area contributed by atoms with Crippen LogP contribution in [0.25, 0.3) is 0 Å². The monoisotopic (exact) mass is 259 g/mol. The van der Waals surface area contributed by atoms with Crippen LogP contribution in [0.5, 0.6) is 0 Å². The minimum atomic E-state index is -0.696. The van der Waals surface area contributed by atoms with Crippen LogP contribution >= 0.6 is 15.9 Å². The Morgan fingerprint density at radius 2 is 2.07 bits per heavy atom. The van der Waals surface area contributed by atoms with Gasteiger partial charge in [0.05, 0.1) is 16.1 Å². The topological polar surface area (TPSA) is 26.0 Å². The van der Waals surface area contributed by atoms with E-state index in [2.05, 4.69) is 27.8 Å². The van der Waals surface area contributed by atoms with E-state index in [0.29, 0.717) is 0 Å². The van der Waals surface area contributed by atoms with Crippen molar-refractivity contribution in [3.8, 4) is 11.8 Å². The lowest BCUT2D eigenvalue weighted by atomic mass is 10.2. The lowest BCUT2D eigenvalue weighted by molar-refractivity contribution is 0.573. The van der Waals surface area contributed by atoms with E-state index >= 15 is 0 Å². The molecule has 1 aromatic rings. The molecule has 1 atom stereocenters. The Hall–Kier alpha value is -0.920. The first kappa shape index (κ1) is 11.2. The molecule has 1 nitrogen and oxygen atoms in total. The van der Waals surface area contributed by atoms with Crippen LogP contribution in [0.15, 0.2) is 16.6 Å². The van der Waals surface area contributed by atoms with Gasteiger partial charge in [-0.05, 0) is 35.0 Å². The van der Waals surface area contributed by atoms with E-state index in [4.69, 9.17) is 5.73 Å². The Labute approximate surface area is 89.4 Å². The van der Waals surface area contributed by atoms with Crippen molar-refractivity contribution in [2.75, 3.05) is 0 Å². The summed E-state index contributed by atoms with van der Waals surface area (Å²) in [5.41, 5.74) is 5.10. The Bertz CT molecular complexity index is 405. The van der Waals surface area contributed by atoms with Crippen molar-refractivity contribution < 1.29 is 8.78 Å². The molecule has 0 spiro atoms. The molecule has 1 aromatic carbocycles. The molecule has 0 aliphatic heterocycles. The molecule has 1 unspecified atom stereocenters. The summed E-state index contributed by atoms with van der Waals surface area (Å²) >= 11 is 2.95. The molecule has 0 heterocycles. The van der Waals surface area contributed by atoms with Crippen LogP contribution in [0, 0.1) is 23.5 Å². The first-order valence-electron chi connectivity index (χ1n) is 3.93. The predicted molar refractivity (Wildman–Crippen MR) is 54.6 cm³/mol. The van der Waals surface area contributed by atoms with Gasteiger partial charge in [-0.25, -0.2) is 8.78 Å². The van der Waals surface area contributed by atoms with Gasteiger partial charge in [-0.2, -0.15) is 0 Å². The van der Waals surface area contributed by atoms with Crippen LogP contribution in [-0.4, -0.2) is 6.04 Å². The first-order valence-corrected chi connectivity index (χ1v) is 4.72. The molecule has 0 amide bonds. The minimum Gasteiger partial charge on any atom is -0.318 e. The van der Waals surface area contributed by atoms with E-state index in [9.17, 15) is 8.78 Å². The van der Waals surface area contributed by atoms with Crippen LogP contribution < -0.4 is 5.73 Å². The Morgan fingerprint density at radius 1 is 1.43 bits per heavy atom. The summed E-state index contributed by atoms with van der Waals surface area (Å²) in [7, 11) is 0. The van der Waals surface area contributed by atoms with Crippen molar-refractivity contribution >= 4 is 15.9 Å². The van der Waals surface area contributed by atoms with E-state index in [-0.39, 0.29) is 10.0 Å². The third-order valence-electron chi connectivity index (χ3n) is 1.47. The zero-order valence-corrected chi connectivity index (χ0v) is 9.03. The van der Waals surface area contributed by atoms with Gasteiger partial charge in [-0.3, -0.25) is 0 Å². The highest BCUT2D eigenvalue weighted by atomic mass is 79.9. The van der Waals surface area contributed by atoms with E-state index in [1.165, 1.54) is 6.07 Å². The van der Waals surface area contributed by atoms with Crippen LogP contribution in [0.2, 0.25) is 0 Å². The fourth-order valence-electron chi connectivity index (χ4n) is 0.828. The fraction of sp³-hybridized carbons (Fsp3) is 0.200. The molecule has 0 aliphatic carbocycles. The van der Waals surface area contributed by atoms with Gasteiger partial charge in [-0.15, -0.1) is 0 Å². The number of halogens is 3. The molecule has 0 radical (unpaired) electrons. The Morgan fingerprint density at radius 3 is 2.64 bits per heavy atom.